The number of nitro benzene ring substituents is 1. The summed E-state index contributed by atoms with van der Waals surface area (Å²) in [6.07, 6.45) is 0. The Morgan fingerprint density at radius 2 is 1.94 bits per heavy atom. The lowest BCUT2D eigenvalue weighted by atomic mass is 10.2. The lowest BCUT2D eigenvalue weighted by molar-refractivity contribution is -0.385. The van der Waals surface area contributed by atoms with E-state index in [1.54, 1.807) is 0 Å². The summed E-state index contributed by atoms with van der Waals surface area (Å²) in [5.41, 5.74) is 0.0350. The second kappa shape index (κ2) is 5.26. The maximum atomic E-state index is 10.7. The highest BCUT2D eigenvalue weighted by molar-refractivity contribution is 6.14. The molecule has 86 valence electrons. The number of halogens is 1. The summed E-state index contributed by atoms with van der Waals surface area (Å²) in [5, 5.41) is 14.3. The highest BCUT2D eigenvalue weighted by atomic mass is 35.5. The first-order valence-corrected chi connectivity index (χ1v) is 4.40. The van der Waals surface area contributed by atoms with Crippen molar-refractivity contribution >= 4 is 23.2 Å². The van der Waals surface area contributed by atoms with E-state index in [9.17, 15) is 10.1 Å². The maximum Gasteiger partial charge on any atom is 0.314 e. The van der Waals surface area contributed by atoms with Crippen LogP contribution in [0.1, 0.15) is 0 Å². The molecule has 0 aliphatic carbocycles. The monoisotopic (exact) mass is 245 g/mol. The second-order valence-electron chi connectivity index (χ2n) is 2.63. The predicted octanol–water partition coefficient (Wildman–Crippen LogP) is 2.85. The van der Waals surface area contributed by atoms with Gasteiger partial charge in [-0.15, -0.1) is 5.11 Å². The van der Waals surface area contributed by atoms with Gasteiger partial charge in [-0.3, -0.25) is 10.1 Å². The quantitative estimate of drug-likeness (QED) is 0.464. The molecule has 0 unspecified atom stereocenters. The summed E-state index contributed by atoms with van der Waals surface area (Å²) in [5.74, 6) is 0.252. The van der Waals surface area contributed by atoms with E-state index in [0.29, 0.717) is 0 Å². The molecular formula is C8H8ClN3O4. The minimum absolute atomic E-state index is 0.0601. The Bertz CT molecular complexity index is 436. The molecule has 1 rings (SSSR count). The van der Waals surface area contributed by atoms with E-state index in [-0.39, 0.29) is 22.9 Å². The first-order valence-electron chi connectivity index (χ1n) is 4.06. The van der Waals surface area contributed by atoms with Gasteiger partial charge in [-0.25, -0.2) is 0 Å². The van der Waals surface area contributed by atoms with Crippen molar-refractivity contribution in [3.8, 4) is 11.5 Å². The van der Waals surface area contributed by atoms with Crippen LogP contribution < -0.4 is 9.47 Å². The van der Waals surface area contributed by atoms with Gasteiger partial charge in [-0.2, -0.15) is 0 Å². The average Bonchev–Trinajstić information content (AvgIpc) is 2.28. The third kappa shape index (κ3) is 2.37. The van der Waals surface area contributed by atoms with Crippen LogP contribution in [0.15, 0.2) is 21.9 Å². The Morgan fingerprint density at radius 1 is 1.31 bits per heavy atom. The van der Waals surface area contributed by atoms with Crippen molar-refractivity contribution < 1.29 is 14.4 Å². The van der Waals surface area contributed by atoms with Gasteiger partial charge >= 0.3 is 5.69 Å². The van der Waals surface area contributed by atoms with E-state index in [0.717, 1.165) is 0 Å². The molecule has 0 bridgehead atoms. The molecular weight excluding hydrogens is 238 g/mol. The van der Waals surface area contributed by atoms with Crippen LogP contribution >= 0.6 is 11.8 Å². The van der Waals surface area contributed by atoms with Crippen LogP contribution in [0.3, 0.4) is 0 Å². The van der Waals surface area contributed by atoms with Crippen LogP contribution in [0.2, 0.25) is 0 Å². The third-order valence-corrected chi connectivity index (χ3v) is 1.90. The molecule has 0 aliphatic rings. The third-order valence-electron chi connectivity index (χ3n) is 1.82. The molecule has 0 N–H and O–H groups in total. The molecule has 0 amide bonds. The number of rotatable bonds is 4. The van der Waals surface area contributed by atoms with E-state index < -0.39 is 4.92 Å². The molecule has 0 aliphatic heterocycles. The number of hydrogen-bond acceptors (Lipinski definition) is 6. The largest absolute Gasteiger partial charge is 0.494 e. The van der Waals surface area contributed by atoms with E-state index >= 15 is 0 Å². The Hall–Kier alpha value is -1.89. The standard InChI is InChI=1S/C8H8ClN3O4/c1-15-7-4-6(12(13)14)8(16-2)3-5(7)10-11-9/h3-4H,1-2H3. The van der Waals surface area contributed by atoms with Gasteiger partial charge in [0.15, 0.2) is 11.5 Å². The molecule has 0 heterocycles. The lowest BCUT2D eigenvalue weighted by Gasteiger charge is -2.06. The molecule has 0 saturated heterocycles. The highest BCUT2D eigenvalue weighted by Gasteiger charge is 2.19. The first kappa shape index (κ1) is 12.2. The van der Waals surface area contributed by atoms with Crippen LogP contribution in [0.5, 0.6) is 11.5 Å². The smallest absolute Gasteiger partial charge is 0.314 e. The number of nitro groups is 1. The zero-order chi connectivity index (χ0) is 12.1. The minimum atomic E-state index is -0.580. The van der Waals surface area contributed by atoms with Crippen LogP contribution in [-0.2, 0) is 0 Å². The van der Waals surface area contributed by atoms with Crippen molar-refractivity contribution in [3.05, 3.63) is 22.2 Å². The molecule has 0 atom stereocenters. The van der Waals surface area contributed by atoms with Gasteiger partial charge in [-0.05, 0) is 0 Å². The Morgan fingerprint density at radius 3 is 2.38 bits per heavy atom. The molecule has 1 aromatic carbocycles. The van der Waals surface area contributed by atoms with Crippen molar-refractivity contribution in [1.29, 1.82) is 0 Å². The SMILES string of the molecule is COc1cc([N+](=O)[O-])c(OC)cc1N=NCl. The van der Waals surface area contributed by atoms with Gasteiger partial charge in [0.2, 0.25) is 0 Å². The minimum Gasteiger partial charge on any atom is -0.494 e. The van der Waals surface area contributed by atoms with Crippen molar-refractivity contribution in [3.63, 3.8) is 0 Å². The molecule has 0 spiro atoms. The fourth-order valence-corrected chi connectivity index (χ4v) is 1.21. The zero-order valence-corrected chi connectivity index (χ0v) is 9.26. The molecule has 0 saturated carbocycles. The lowest BCUT2D eigenvalue weighted by Crippen LogP contribution is -1.95. The van der Waals surface area contributed by atoms with Gasteiger partial charge in [0.05, 0.1) is 37.0 Å². The van der Waals surface area contributed by atoms with Gasteiger partial charge in [0.1, 0.15) is 5.69 Å². The van der Waals surface area contributed by atoms with Gasteiger partial charge < -0.3 is 9.47 Å². The summed E-state index contributed by atoms with van der Waals surface area (Å²) in [4.78, 5) is 10.1. The van der Waals surface area contributed by atoms with Crippen LogP contribution in [0.4, 0.5) is 11.4 Å². The number of nitrogens with zero attached hydrogens (tertiary/aromatic N) is 3. The molecule has 0 aromatic heterocycles. The van der Waals surface area contributed by atoms with E-state index in [1.807, 2.05) is 0 Å². The van der Waals surface area contributed by atoms with E-state index in [4.69, 9.17) is 21.3 Å². The highest BCUT2D eigenvalue weighted by Crippen LogP contribution is 2.39. The number of methoxy groups -OCH3 is 2. The Balaban J connectivity index is 3.39. The summed E-state index contributed by atoms with van der Waals surface area (Å²) in [7, 11) is 2.68. The maximum absolute atomic E-state index is 10.7. The zero-order valence-electron chi connectivity index (χ0n) is 8.51. The van der Waals surface area contributed by atoms with Crippen molar-refractivity contribution in [2.24, 2.45) is 9.75 Å². The summed E-state index contributed by atoms with van der Waals surface area (Å²) < 4.78 is 12.8. The number of ether oxygens (including phenoxy) is 2. The Kier molecular flexibility index (Phi) is 4.01. The van der Waals surface area contributed by atoms with Crippen LogP contribution in [0.25, 0.3) is 0 Å². The molecule has 0 radical (unpaired) electrons. The topological polar surface area (TPSA) is 86.3 Å². The van der Waals surface area contributed by atoms with Gasteiger partial charge in [0, 0.05) is 6.07 Å². The first-order chi connectivity index (χ1) is 7.63. The van der Waals surface area contributed by atoms with Crippen LogP contribution in [-0.4, -0.2) is 19.1 Å². The summed E-state index contributed by atoms with van der Waals surface area (Å²) in [6, 6.07) is 2.52. The fourth-order valence-electron chi connectivity index (χ4n) is 1.13. The van der Waals surface area contributed by atoms with Crippen molar-refractivity contribution in [2.45, 2.75) is 0 Å². The summed E-state index contributed by atoms with van der Waals surface area (Å²) >= 11 is 5.09. The van der Waals surface area contributed by atoms with E-state index in [1.165, 1.54) is 26.4 Å². The predicted molar refractivity (Wildman–Crippen MR) is 56.6 cm³/mol. The molecule has 8 heteroatoms. The number of hydrogen-bond donors (Lipinski definition) is 0. The van der Waals surface area contributed by atoms with Crippen molar-refractivity contribution in [2.75, 3.05) is 14.2 Å². The summed E-state index contributed by atoms with van der Waals surface area (Å²) in [6.45, 7) is 0. The number of benzene rings is 1. The van der Waals surface area contributed by atoms with E-state index in [2.05, 4.69) is 9.75 Å². The normalized spacial score (nSPS) is 10.4. The molecule has 0 fully saturated rings. The van der Waals surface area contributed by atoms with Gasteiger partial charge in [-0.1, -0.05) is 4.63 Å². The molecule has 1 aromatic rings. The fraction of sp³-hybridized carbons (Fsp3) is 0.250. The van der Waals surface area contributed by atoms with Gasteiger partial charge in [0.25, 0.3) is 0 Å². The Labute approximate surface area is 95.9 Å². The molecule has 7 nitrogen and oxygen atoms in total. The van der Waals surface area contributed by atoms with Crippen molar-refractivity contribution in [1.82, 2.24) is 0 Å². The molecule has 16 heavy (non-hydrogen) atoms. The van der Waals surface area contributed by atoms with Crippen LogP contribution in [0, 0.1) is 10.1 Å². The second-order valence-corrected chi connectivity index (χ2v) is 2.78. The average molecular weight is 246 g/mol.